The summed E-state index contributed by atoms with van der Waals surface area (Å²) in [7, 11) is 1.67. The summed E-state index contributed by atoms with van der Waals surface area (Å²) in [6, 6.07) is 5.48. The number of rotatable bonds is 9. The summed E-state index contributed by atoms with van der Waals surface area (Å²) in [5.74, 6) is 0.507. The molecule has 0 fully saturated rings. The second-order valence-electron chi connectivity index (χ2n) is 5.65. The lowest BCUT2D eigenvalue weighted by atomic mass is 10.2. The van der Waals surface area contributed by atoms with Gasteiger partial charge in [-0.15, -0.1) is 24.0 Å². The van der Waals surface area contributed by atoms with E-state index in [9.17, 15) is 4.39 Å². The molecule has 0 spiro atoms. The first kappa shape index (κ1) is 23.9. The quantitative estimate of drug-likeness (QED) is 0.333. The molecular formula is C18H32FIN4O. The monoisotopic (exact) mass is 466 g/mol. The summed E-state index contributed by atoms with van der Waals surface area (Å²) in [6.07, 6.45) is 0. The molecule has 25 heavy (non-hydrogen) atoms. The number of halogens is 2. The average Bonchev–Trinajstić information content (AvgIpc) is 2.56. The van der Waals surface area contributed by atoms with Gasteiger partial charge < -0.3 is 20.3 Å². The van der Waals surface area contributed by atoms with Crippen LogP contribution in [0.25, 0.3) is 0 Å². The average molecular weight is 466 g/mol. The predicted molar refractivity (Wildman–Crippen MR) is 115 cm³/mol. The van der Waals surface area contributed by atoms with Crippen molar-refractivity contribution in [2.75, 3.05) is 38.3 Å². The number of hydrogen-bond acceptors (Lipinski definition) is 3. The lowest BCUT2D eigenvalue weighted by Gasteiger charge is -2.21. The second kappa shape index (κ2) is 13.2. The Morgan fingerprint density at radius 3 is 2.48 bits per heavy atom. The highest BCUT2D eigenvalue weighted by Gasteiger charge is 2.09. The van der Waals surface area contributed by atoms with Gasteiger partial charge in [-0.3, -0.25) is 0 Å². The maximum atomic E-state index is 14.3. The Morgan fingerprint density at radius 1 is 1.28 bits per heavy atom. The van der Waals surface area contributed by atoms with E-state index < -0.39 is 0 Å². The van der Waals surface area contributed by atoms with Crippen LogP contribution in [0, 0.1) is 5.82 Å². The van der Waals surface area contributed by atoms with Crippen LogP contribution >= 0.6 is 24.0 Å². The summed E-state index contributed by atoms with van der Waals surface area (Å²) in [4.78, 5) is 6.52. The van der Waals surface area contributed by atoms with Gasteiger partial charge in [-0.2, -0.15) is 0 Å². The zero-order valence-corrected chi connectivity index (χ0v) is 18.3. The van der Waals surface area contributed by atoms with Crippen LogP contribution < -0.4 is 15.5 Å². The summed E-state index contributed by atoms with van der Waals surface area (Å²) in [5.41, 5.74) is 1.49. The Labute approximate surface area is 168 Å². The van der Waals surface area contributed by atoms with Gasteiger partial charge in [0, 0.05) is 32.8 Å². The van der Waals surface area contributed by atoms with E-state index in [1.54, 1.807) is 13.2 Å². The Morgan fingerprint density at radius 2 is 1.96 bits per heavy atom. The zero-order chi connectivity index (χ0) is 17.9. The third-order valence-corrected chi connectivity index (χ3v) is 3.68. The molecule has 2 N–H and O–H groups in total. The first-order chi connectivity index (χ1) is 11.5. The summed E-state index contributed by atoms with van der Waals surface area (Å²) >= 11 is 0. The number of nitrogens with zero attached hydrogens (tertiary/aromatic N) is 2. The van der Waals surface area contributed by atoms with E-state index in [-0.39, 0.29) is 35.8 Å². The van der Waals surface area contributed by atoms with Crippen LogP contribution in [0.5, 0.6) is 0 Å². The van der Waals surface area contributed by atoms with Gasteiger partial charge in [0.2, 0.25) is 0 Å². The lowest BCUT2D eigenvalue weighted by Crippen LogP contribution is -2.43. The van der Waals surface area contributed by atoms with Crippen molar-refractivity contribution < 1.29 is 9.13 Å². The van der Waals surface area contributed by atoms with E-state index in [1.165, 1.54) is 0 Å². The third-order valence-electron chi connectivity index (χ3n) is 3.68. The number of ether oxygens (including phenoxy) is 1. The highest BCUT2D eigenvalue weighted by molar-refractivity contribution is 14.0. The Balaban J connectivity index is 0.00000576. The van der Waals surface area contributed by atoms with E-state index >= 15 is 0 Å². The van der Waals surface area contributed by atoms with Crippen molar-refractivity contribution in [3.05, 3.63) is 29.6 Å². The molecule has 5 nitrogen and oxygen atoms in total. The molecule has 0 bridgehead atoms. The molecular weight excluding hydrogens is 434 g/mol. The van der Waals surface area contributed by atoms with Gasteiger partial charge in [-0.1, -0.05) is 6.07 Å². The van der Waals surface area contributed by atoms with Crippen LogP contribution in [0.2, 0.25) is 0 Å². The molecule has 1 rings (SSSR count). The highest BCUT2D eigenvalue weighted by Crippen LogP contribution is 2.20. The third kappa shape index (κ3) is 8.22. The fraction of sp³-hybridized carbons (Fsp3) is 0.611. The normalized spacial score (nSPS) is 12.3. The molecule has 0 amide bonds. The molecule has 0 aliphatic heterocycles. The molecule has 1 aromatic carbocycles. The van der Waals surface area contributed by atoms with Gasteiger partial charge in [0.25, 0.3) is 0 Å². The summed E-state index contributed by atoms with van der Waals surface area (Å²) in [6.45, 7) is 11.4. The van der Waals surface area contributed by atoms with Crippen LogP contribution in [0.3, 0.4) is 0 Å². The van der Waals surface area contributed by atoms with E-state index in [4.69, 9.17) is 4.74 Å². The minimum Gasteiger partial charge on any atom is -0.383 e. The largest absolute Gasteiger partial charge is 0.383 e. The highest BCUT2D eigenvalue weighted by atomic mass is 127. The standard InChI is InChI=1S/C18H31FN4O.HI/c1-6-20-18(22-14(4)13-24-5)21-12-15-9-10-17(16(19)11-15)23(7-2)8-3;/h9-11,14H,6-8,12-13H2,1-5H3,(H2,20,21,22);1H. The minimum atomic E-state index is -0.197. The zero-order valence-electron chi connectivity index (χ0n) is 15.9. The molecule has 0 aliphatic carbocycles. The smallest absolute Gasteiger partial charge is 0.191 e. The lowest BCUT2D eigenvalue weighted by molar-refractivity contribution is 0.179. The molecule has 0 radical (unpaired) electrons. The second-order valence-corrected chi connectivity index (χ2v) is 5.65. The number of hydrogen-bond donors (Lipinski definition) is 2. The SMILES string of the molecule is CCNC(=NCc1ccc(N(CC)CC)c(F)c1)NC(C)COC.I. The van der Waals surface area contributed by atoms with Crippen molar-refractivity contribution in [3.8, 4) is 0 Å². The first-order valence-corrected chi connectivity index (χ1v) is 8.62. The van der Waals surface area contributed by atoms with E-state index in [0.29, 0.717) is 24.8 Å². The van der Waals surface area contributed by atoms with Gasteiger partial charge >= 0.3 is 0 Å². The Bertz CT molecular complexity index is 524. The first-order valence-electron chi connectivity index (χ1n) is 8.62. The van der Waals surface area contributed by atoms with Crippen molar-refractivity contribution >= 4 is 35.6 Å². The van der Waals surface area contributed by atoms with Crippen LogP contribution in [-0.4, -0.2) is 45.4 Å². The van der Waals surface area contributed by atoms with Gasteiger partial charge in [-0.25, -0.2) is 9.38 Å². The van der Waals surface area contributed by atoms with Gasteiger partial charge in [0.1, 0.15) is 5.82 Å². The predicted octanol–water partition coefficient (Wildman–Crippen LogP) is 3.38. The maximum absolute atomic E-state index is 14.3. The van der Waals surface area contributed by atoms with E-state index in [0.717, 1.165) is 25.2 Å². The van der Waals surface area contributed by atoms with E-state index in [2.05, 4.69) is 15.6 Å². The number of benzene rings is 1. The molecule has 0 aliphatic rings. The summed E-state index contributed by atoms with van der Waals surface area (Å²) < 4.78 is 19.4. The molecule has 1 unspecified atom stereocenters. The Hall–Kier alpha value is -1.09. The molecule has 0 heterocycles. The minimum absolute atomic E-state index is 0. The van der Waals surface area contributed by atoms with E-state index in [1.807, 2.05) is 44.7 Å². The van der Waals surface area contributed by atoms with Crippen molar-refractivity contribution in [1.29, 1.82) is 0 Å². The molecule has 0 saturated carbocycles. The molecule has 144 valence electrons. The van der Waals surface area contributed by atoms with Gasteiger partial charge in [0.05, 0.1) is 18.8 Å². The number of aliphatic imine (C=N–C) groups is 1. The van der Waals surface area contributed by atoms with Gasteiger partial charge in [0.15, 0.2) is 5.96 Å². The molecule has 0 aromatic heterocycles. The fourth-order valence-corrected chi connectivity index (χ4v) is 2.48. The maximum Gasteiger partial charge on any atom is 0.191 e. The van der Waals surface area contributed by atoms with Gasteiger partial charge in [-0.05, 0) is 45.4 Å². The molecule has 7 heteroatoms. The summed E-state index contributed by atoms with van der Waals surface area (Å²) in [5, 5.41) is 6.45. The number of nitrogens with one attached hydrogen (secondary N) is 2. The van der Waals surface area contributed by atoms with Crippen LogP contribution in [0.1, 0.15) is 33.3 Å². The Kier molecular flexibility index (Phi) is 12.6. The van der Waals surface area contributed by atoms with Crippen LogP contribution in [0.15, 0.2) is 23.2 Å². The van der Waals surface area contributed by atoms with Crippen LogP contribution in [0.4, 0.5) is 10.1 Å². The number of anilines is 1. The van der Waals surface area contributed by atoms with Crippen molar-refractivity contribution in [3.63, 3.8) is 0 Å². The van der Waals surface area contributed by atoms with Crippen LogP contribution in [-0.2, 0) is 11.3 Å². The molecule has 0 saturated heterocycles. The topological polar surface area (TPSA) is 48.9 Å². The van der Waals surface area contributed by atoms with Crippen molar-refractivity contribution in [1.82, 2.24) is 10.6 Å². The molecule has 1 atom stereocenters. The number of guanidine groups is 1. The van der Waals surface area contributed by atoms with Crippen molar-refractivity contribution in [2.45, 2.75) is 40.3 Å². The van der Waals surface area contributed by atoms with Crippen molar-refractivity contribution in [2.24, 2.45) is 4.99 Å². The number of methoxy groups -OCH3 is 1. The fourth-order valence-electron chi connectivity index (χ4n) is 2.48. The molecule has 1 aromatic rings.